The Morgan fingerprint density at radius 3 is 2.33 bits per heavy atom. The molecule has 5 nitrogen and oxygen atoms in total. The first-order chi connectivity index (χ1) is 8.51. The summed E-state index contributed by atoms with van der Waals surface area (Å²) in [5, 5.41) is 25.9. The molecule has 1 aromatic carbocycles. The SMILES string of the molecule is CCC(C(=O)O)c1ccc(O)c(OC)c1.CCO. The van der Waals surface area contributed by atoms with Gasteiger partial charge in [-0.3, -0.25) is 4.79 Å². The second-order valence-electron chi connectivity index (χ2n) is 3.55. The molecule has 1 unspecified atom stereocenters. The van der Waals surface area contributed by atoms with Crippen LogP contribution in [0, 0.1) is 0 Å². The fraction of sp³-hybridized carbons (Fsp3) is 0.462. The highest BCUT2D eigenvalue weighted by Crippen LogP contribution is 2.30. The van der Waals surface area contributed by atoms with Gasteiger partial charge in [0.1, 0.15) is 0 Å². The highest BCUT2D eigenvalue weighted by Gasteiger charge is 2.18. The molecular weight excluding hydrogens is 236 g/mol. The third-order valence-corrected chi connectivity index (χ3v) is 2.31. The maximum atomic E-state index is 10.9. The van der Waals surface area contributed by atoms with Crippen molar-refractivity contribution in [2.45, 2.75) is 26.2 Å². The Kier molecular flexibility index (Phi) is 7.54. The van der Waals surface area contributed by atoms with Crippen LogP contribution in [0.15, 0.2) is 18.2 Å². The quantitative estimate of drug-likeness (QED) is 0.766. The van der Waals surface area contributed by atoms with Gasteiger partial charge < -0.3 is 20.1 Å². The van der Waals surface area contributed by atoms with Crippen LogP contribution < -0.4 is 4.74 Å². The van der Waals surface area contributed by atoms with Gasteiger partial charge >= 0.3 is 5.97 Å². The molecule has 0 heterocycles. The number of aliphatic carboxylic acids is 1. The number of methoxy groups -OCH3 is 1. The minimum atomic E-state index is -0.870. The van der Waals surface area contributed by atoms with E-state index in [1.54, 1.807) is 26.0 Å². The second kappa shape index (κ2) is 8.36. The molecule has 0 saturated heterocycles. The van der Waals surface area contributed by atoms with Gasteiger partial charge in [0.2, 0.25) is 0 Å². The number of rotatable bonds is 4. The summed E-state index contributed by atoms with van der Waals surface area (Å²) in [5.74, 6) is -1.11. The first-order valence-electron chi connectivity index (χ1n) is 5.72. The summed E-state index contributed by atoms with van der Waals surface area (Å²) in [6.45, 7) is 3.73. The van der Waals surface area contributed by atoms with Crippen molar-refractivity contribution in [1.82, 2.24) is 0 Å². The van der Waals surface area contributed by atoms with E-state index >= 15 is 0 Å². The molecule has 0 spiro atoms. The molecular formula is C13H20O5. The lowest BCUT2D eigenvalue weighted by molar-refractivity contribution is -0.138. The van der Waals surface area contributed by atoms with Crippen molar-refractivity contribution in [3.63, 3.8) is 0 Å². The number of carboxylic acids is 1. The van der Waals surface area contributed by atoms with Gasteiger partial charge in [-0.1, -0.05) is 13.0 Å². The summed E-state index contributed by atoms with van der Waals surface area (Å²) >= 11 is 0. The Hall–Kier alpha value is -1.75. The maximum Gasteiger partial charge on any atom is 0.310 e. The van der Waals surface area contributed by atoms with Crippen LogP contribution in [0.4, 0.5) is 0 Å². The summed E-state index contributed by atoms with van der Waals surface area (Å²) in [7, 11) is 1.43. The van der Waals surface area contributed by atoms with Crippen LogP contribution in [0.2, 0.25) is 0 Å². The number of hydrogen-bond donors (Lipinski definition) is 3. The second-order valence-corrected chi connectivity index (χ2v) is 3.55. The van der Waals surface area contributed by atoms with E-state index in [1.807, 2.05) is 0 Å². The van der Waals surface area contributed by atoms with Gasteiger partial charge in [0.15, 0.2) is 11.5 Å². The van der Waals surface area contributed by atoms with Crippen molar-refractivity contribution in [3.8, 4) is 11.5 Å². The van der Waals surface area contributed by atoms with Gasteiger partial charge in [-0.2, -0.15) is 0 Å². The van der Waals surface area contributed by atoms with Crippen LogP contribution in [-0.4, -0.2) is 35.0 Å². The number of benzene rings is 1. The first-order valence-corrected chi connectivity index (χ1v) is 5.72. The van der Waals surface area contributed by atoms with Crippen LogP contribution in [0.3, 0.4) is 0 Å². The highest BCUT2D eigenvalue weighted by atomic mass is 16.5. The lowest BCUT2D eigenvalue weighted by atomic mass is 9.96. The summed E-state index contributed by atoms with van der Waals surface area (Å²) < 4.78 is 4.92. The van der Waals surface area contributed by atoms with Gasteiger partial charge in [-0.25, -0.2) is 0 Å². The smallest absolute Gasteiger partial charge is 0.310 e. The molecule has 0 fully saturated rings. The van der Waals surface area contributed by atoms with E-state index in [9.17, 15) is 9.90 Å². The third-order valence-electron chi connectivity index (χ3n) is 2.31. The molecule has 0 bridgehead atoms. The van der Waals surface area contributed by atoms with Gasteiger partial charge in [-0.05, 0) is 31.0 Å². The van der Waals surface area contributed by atoms with Crippen LogP contribution in [-0.2, 0) is 4.79 Å². The van der Waals surface area contributed by atoms with Crippen molar-refractivity contribution < 1.29 is 24.9 Å². The molecule has 0 saturated carbocycles. The number of aliphatic hydroxyl groups is 1. The molecule has 0 aliphatic carbocycles. The number of phenolic OH excluding ortho intramolecular Hbond substituents is 1. The Morgan fingerprint density at radius 2 is 1.94 bits per heavy atom. The van der Waals surface area contributed by atoms with E-state index in [0.29, 0.717) is 17.7 Å². The van der Waals surface area contributed by atoms with E-state index in [-0.39, 0.29) is 12.4 Å². The average molecular weight is 256 g/mol. The average Bonchev–Trinajstić information content (AvgIpc) is 2.32. The Morgan fingerprint density at radius 1 is 1.39 bits per heavy atom. The van der Waals surface area contributed by atoms with E-state index < -0.39 is 11.9 Å². The predicted molar refractivity (Wildman–Crippen MR) is 68.1 cm³/mol. The zero-order chi connectivity index (χ0) is 14.1. The van der Waals surface area contributed by atoms with Crippen LogP contribution >= 0.6 is 0 Å². The summed E-state index contributed by atoms with van der Waals surface area (Å²) in [5.41, 5.74) is 0.639. The number of phenols is 1. The lowest BCUT2D eigenvalue weighted by Crippen LogP contribution is -2.10. The summed E-state index contributed by atoms with van der Waals surface area (Å²) in [4.78, 5) is 10.9. The van der Waals surface area contributed by atoms with E-state index in [4.69, 9.17) is 14.9 Å². The fourth-order valence-corrected chi connectivity index (χ4v) is 1.46. The molecule has 1 atom stereocenters. The minimum absolute atomic E-state index is 0.0153. The van der Waals surface area contributed by atoms with Crippen LogP contribution in [0.25, 0.3) is 0 Å². The third kappa shape index (κ3) is 4.63. The molecule has 0 radical (unpaired) electrons. The summed E-state index contributed by atoms with van der Waals surface area (Å²) in [6.07, 6.45) is 0.503. The minimum Gasteiger partial charge on any atom is -0.504 e. The largest absolute Gasteiger partial charge is 0.504 e. The standard InChI is InChI=1S/C11H14O4.C2H6O/c1-3-8(11(13)14)7-4-5-9(12)10(6-7)15-2;1-2-3/h4-6,8,12H,3H2,1-2H3,(H,13,14);3H,2H2,1H3. The number of hydrogen-bond acceptors (Lipinski definition) is 4. The van der Waals surface area contributed by atoms with Crippen molar-refractivity contribution in [2.24, 2.45) is 0 Å². The Balaban J connectivity index is 0.000000873. The van der Waals surface area contributed by atoms with Crippen molar-refractivity contribution >= 4 is 5.97 Å². The predicted octanol–water partition coefficient (Wildman–Crippen LogP) is 1.98. The number of carbonyl (C=O) groups is 1. The van der Waals surface area contributed by atoms with Crippen LogP contribution in [0.1, 0.15) is 31.7 Å². The summed E-state index contributed by atoms with van der Waals surface area (Å²) in [6, 6.07) is 4.59. The molecule has 3 N–H and O–H groups in total. The zero-order valence-electron chi connectivity index (χ0n) is 10.9. The number of carboxylic acid groups (broad SMARTS) is 1. The van der Waals surface area contributed by atoms with Gasteiger partial charge in [0, 0.05) is 6.61 Å². The molecule has 1 aromatic rings. The zero-order valence-corrected chi connectivity index (χ0v) is 10.9. The molecule has 5 heteroatoms. The highest BCUT2D eigenvalue weighted by molar-refractivity contribution is 5.76. The molecule has 0 aliphatic rings. The first kappa shape index (κ1) is 16.2. The normalized spacial score (nSPS) is 11.1. The van der Waals surface area contributed by atoms with Crippen molar-refractivity contribution in [2.75, 3.05) is 13.7 Å². The monoisotopic (exact) mass is 256 g/mol. The molecule has 102 valence electrons. The molecule has 18 heavy (non-hydrogen) atoms. The number of ether oxygens (including phenoxy) is 1. The molecule has 0 aliphatic heterocycles. The van der Waals surface area contributed by atoms with Crippen molar-refractivity contribution in [3.05, 3.63) is 23.8 Å². The van der Waals surface area contributed by atoms with Gasteiger partial charge in [-0.15, -0.1) is 0 Å². The van der Waals surface area contributed by atoms with E-state index in [0.717, 1.165) is 0 Å². The molecule has 0 aromatic heterocycles. The topological polar surface area (TPSA) is 87.0 Å². The number of aromatic hydroxyl groups is 1. The fourth-order valence-electron chi connectivity index (χ4n) is 1.46. The van der Waals surface area contributed by atoms with Crippen molar-refractivity contribution in [1.29, 1.82) is 0 Å². The molecule has 0 amide bonds. The van der Waals surface area contributed by atoms with Crippen LogP contribution in [0.5, 0.6) is 11.5 Å². The number of aliphatic hydroxyl groups excluding tert-OH is 1. The maximum absolute atomic E-state index is 10.9. The van der Waals surface area contributed by atoms with E-state index in [2.05, 4.69) is 0 Å². The lowest BCUT2D eigenvalue weighted by Gasteiger charge is -2.12. The van der Waals surface area contributed by atoms with Gasteiger partial charge in [0.25, 0.3) is 0 Å². The van der Waals surface area contributed by atoms with E-state index in [1.165, 1.54) is 13.2 Å². The molecule has 1 rings (SSSR count). The Labute approximate surface area is 107 Å². The van der Waals surface area contributed by atoms with Gasteiger partial charge in [0.05, 0.1) is 13.0 Å². The Bertz CT molecular complexity index is 376.